The Morgan fingerprint density at radius 2 is 1.48 bits per heavy atom. The van der Waals surface area contributed by atoms with Crippen molar-refractivity contribution in [1.29, 1.82) is 5.26 Å². The highest BCUT2D eigenvalue weighted by molar-refractivity contribution is 7.89. The second-order valence-electron chi connectivity index (χ2n) is 7.60. The fourth-order valence-corrected chi connectivity index (χ4v) is 5.59. The number of carbonyl (C=O) groups is 2. The predicted molar refractivity (Wildman–Crippen MR) is 106 cm³/mol. The molecule has 156 valence electrons. The molecule has 1 aromatic carbocycles. The highest BCUT2D eigenvalue weighted by Crippen LogP contribution is 2.26. The second kappa shape index (κ2) is 9.37. The second-order valence-corrected chi connectivity index (χ2v) is 9.51. The molecule has 1 aromatic rings. The summed E-state index contributed by atoms with van der Waals surface area (Å²) in [5.41, 5.74) is 5.14. The van der Waals surface area contributed by atoms with E-state index < -0.39 is 10.0 Å². The van der Waals surface area contributed by atoms with E-state index in [-0.39, 0.29) is 47.2 Å². The van der Waals surface area contributed by atoms with Crippen LogP contribution in [0.3, 0.4) is 0 Å². The number of nitrogens with zero attached hydrogens (tertiary/aromatic N) is 2. The summed E-state index contributed by atoms with van der Waals surface area (Å²) in [6.07, 6.45) is 5.64. The van der Waals surface area contributed by atoms with E-state index in [1.54, 1.807) is 12.1 Å². The molecule has 1 aliphatic carbocycles. The molecule has 8 nitrogen and oxygen atoms in total. The Morgan fingerprint density at radius 3 is 2.07 bits per heavy atom. The molecule has 0 unspecified atom stereocenters. The maximum atomic E-state index is 12.9. The minimum atomic E-state index is -3.78. The zero-order valence-corrected chi connectivity index (χ0v) is 17.1. The fourth-order valence-electron chi connectivity index (χ4n) is 3.97. The summed E-state index contributed by atoms with van der Waals surface area (Å²) in [4.78, 5) is 24.5. The van der Waals surface area contributed by atoms with E-state index in [1.165, 1.54) is 16.4 Å². The van der Waals surface area contributed by atoms with Crippen molar-refractivity contribution in [2.45, 2.75) is 49.8 Å². The standard InChI is InChI=1S/C20H26N4O4S/c21-14-17-8-4-5-9-18(17)29(27,28)24-12-10-16(11-13-24)20(26)23-22-19(25)15-6-2-1-3-7-15/h4-5,8-9,15-16H,1-3,6-7,10-13H2,(H,22,25)(H,23,26). The number of hydrogen-bond acceptors (Lipinski definition) is 5. The van der Waals surface area contributed by atoms with Gasteiger partial charge in [0, 0.05) is 24.9 Å². The van der Waals surface area contributed by atoms with Gasteiger partial charge in [-0.05, 0) is 37.8 Å². The lowest BCUT2D eigenvalue weighted by Gasteiger charge is -2.31. The molecular weight excluding hydrogens is 392 g/mol. The summed E-state index contributed by atoms with van der Waals surface area (Å²) >= 11 is 0. The Balaban J connectivity index is 1.52. The molecule has 2 amide bonds. The quantitative estimate of drug-likeness (QED) is 0.721. The number of carbonyl (C=O) groups excluding carboxylic acids is 2. The number of nitrogens with one attached hydrogen (secondary N) is 2. The largest absolute Gasteiger partial charge is 0.273 e. The summed E-state index contributed by atoms with van der Waals surface area (Å²) in [6.45, 7) is 0.382. The van der Waals surface area contributed by atoms with Gasteiger partial charge in [0.15, 0.2) is 0 Å². The van der Waals surface area contributed by atoms with Crippen molar-refractivity contribution in [3.8, 4) is 6.07 Å². The molecule has 2 aliphatic rings. The Kier molecular flexibility index (Phi) is 6.87. The number of hydrogen-bond donors (Lipinski definition) is 2. The van der Waals surface area contributed by atoms with E-state index in [0.717, 1.165) is 32.1 Å². The van der Waals surface area contributed by atoms with Crippen LogP contribution in [0.1, 0.15) is 50.5 Å². The molecule has 1 saturated heterocycles. The first-order valence-corrected chi connectivity index (χ1v) is 11.5. The molecule has 2 N–H and O–H groups in total. The van der Waals surface area contributed by atoms with Crippen LogP contribution in [-0.4, -0.2) is 37.6 Å². The van der Waals surface area contributed by atoms with Crippen LogP contribution in [0.15, 0.2) is 29.2 Å². The smallest absolute Gasteiger partial charge is 0.244 e. The van der Waals surface area contributed by atoms with Crippen molar-refractivity contribution in [2.24, 2.45) is 11.8 Å². The summed E-state index contributed by atoms with van der Waals surface area (Å²) in [5.74, 6) is -0.842. The highest BCUT2D eigenvalue weighted by Gasteiger charge is 2.33. The average molecular weight is 419 g/mol. The van der Waals surface area contributed by atoms with Crippen molar-refractivity contribution in [2.75, 3.05) is 13.1 Å². The third kappa shape index (κ3) is 4.95. The van der Waals surface area contributed by atoms with E-state index in [1.807, 2.05) is 6.07 Å². The topological polar surface area (TPSA) is 119 Å². The molecule has 2 fully saturated rings. The molecular formula is C20H26N4O4S. The van der Waals surface area contributed by atoms with Crippen molar-refractivity contribution >= 4 is 21.8 Å². The lowest BCUT2D eigenvalue weighted by Crippen LogP contribution is -2.49. The molecule has 0 atom stereocenters. The number of sulfonamides is 1. The molecule has 3 rings (SSSR count). The number of piperidine rings is 1. The lowest BCUT2D eigenvalue weighted by atomic mass is 9.89. The van der Waals surface area contributed by atoms with Crippen LogP contribution in [0.25, 0.3) is 0 Å². The van der Waals surface area contributed by atoms with Gasteiger partial charge in [-0.2, -0.15) is 9.57 Å². The Bertz CT molecular complexity index is 895. The zero-order chi connectivity index (χ0) is 20.9. The minimum absolute atomic E-state index is 0.00912. The molecule has 0 radical (unpaired) electrons. The van der Waals surface area contributed by atoms with Crippen LogP contribution in [-0.2, 0) is 19.6 Å². The van der Waals surface area contributed by atoms with Gasteiger partial charge in [0.2, 0.25) is 21.8 Å². The van der Waals surface area contributed by atoms with Crippen molar-refractivity contribution in [1.82, 2.24) is 15.2 Å². The van der Waals surface area contributed by atoms with E-state index in [2.05, 4.69) is 10.9 Å². The molecule has 1 aliphatic heterocycles. The maximum Gasteiger partial charge on any atom is 0.244 e. The fraction of sp³-hybridized carbons (Fsp3) is 0.550. The normalized spacial score (nSPS) is 19.3. The van der Waals surface area contributed by atoms with Gasteiger partial charge in [0.05, 0.1) is 10.5 Å². The van der Waals surface area contributed by atoms with Crippen LogP contribution in [0, 0.1) is 23.2 Å². The van der Waals surface area contributed by atoms with E-state index in [9.17, 15) is 23.3 Å². The van der Waals surface area contributed by atoms with Crippen LogP contribution < -0.4 is 10.9 Å². The van der Waals surface area contributed by atoms with Crippen molar-refractivity contribution in [3.63, 3.8) is 0 Å². The number of hydrazine groups is 1. The summed E-state index contributed by atoms with van der Waals surface area (Å²) in [7, 11) is -3.78. The van der Waals surface area contributed by atoms with Gasteiger partial charge in [-0.3, -0.25) is 20.4 Å². The third-order valence-corrected chi connectivity index (χ3v) is 7.69. The Hall–Kier alpha value is -2.44. The van der Waals surface area contributed by atoms with Crippen LogP contribution in [0.5, 0.6) is 0 Å². The molecule has 1 saturated carbocycles. The Labute approximate surface area is 171 Å². The number of benzene rings is 1. The molecule has 0 spiro atoms. The van der Waals surface area contributed by atoms with Crippen LogP contribution >= 0.6 is 0 Å². The Morgan fingerprint density at radius 1 is 0.931 bits per heavy atom. The molecule has 1 heterocycles. The number of nitriles is 1. The molecule has 0 bridgehead atoms. The van der Waals surface area contributed by atoms with Gasteiger partial charge < -0.3 is 0 Å². The van der Waals surface area contributed by atoms with Gasteiger partial charge in [-0.1, -0.05) is 31.4 Å². The third-order valence-electron chi connectivity index (χ3n) is 5.73. The summed E-state index contributed by atoms with van der Waals surface area (Å²) < 4.78 is 27.0. The average Bonchev–Trinajstić information content (AvgIpc) is 2.77. The van der Waals surface area contributed by atoms with Gasteiger partial charge >= 0.3 is 0 Å². The number of rotatable bonds is 4. The van der Waals surface area contributed by atoms with Gasteiger partial charge in [0.25, 0.3) is 0 Å². The first kappa shape index (κ1) is 21.3. The molecule has 0 aromatic heterocycles. The predicted octanol–water partition coefficient (Wildman–Crippen LogP) is 1.69. The SMILES string of the molecule is N#Cc1ccccc1S(=O)(=O)N1CCC(C(=O)NNC(=O)C2CCCCC2)CC1. The lowest BCUT2D eigenvalue weighted by molar-refractivity contribution is -0.134. The van der Waals surface area contributed by atoms with Crippen LogP contribution in [0.2, 0.25) is 0 Å². The van der Waals surface area contributed by atoms with E-state index in [4.69, 9.17) is 0 Å². The maximum absolute atomic E-state index is 12.9. The van der Waals surface area contributed by atoms with Crippen molar-refractivity contribution in [3.05, 3.63) is 29.8 Å². The van der Waals surface area contributed by atoms with Gasteiger partial charge in [-0.25, -0.2) is 8.42 Å². The van der Waals surface area contributed by atoms with Crippen molar-refractivity contribution < 1.29 is 18.0 Å². The number of amides is 2. The van der Waals surface area contributed by atoms with E-state index >= 15 is 0 Å². The first-order valence-electron chi connectivity index (χ1n) is 10.0. The van der Waals surface area contributed by atoms with Gasteiger partial charge in [-0.15, -0.1) is 0 Å². The van der Waals surface area contributed by atoms with Crippen LogP contribution in [0.4, 0.5) is 0 Å². The van der Waals surface area contributed by atoms with E-state index in [0.29, 0.717) is 12.8 Å². The van der Waals surface area contributed by atoms with Gasteiger partial charge in [0.1, 0.15) is 6.07 Å². The highest BCUT2D eigenvalue weighted by atomic mass is 32.2. The minimum Gasteiger partial charge on any atom is -0.273 e. The zero-order valence-electron chi connectivity index (χ0n) is 16.3. The summed E-state index contributed by atoms with van der Waals surface area (Å²) in [6, 6.07) is 8.02. The first-order chi connectivity index (χ1) is 13.9. The molecule has 29 heavy (non-hydrogen) atoms. The molecule has 9 heteroatoms. The monoisotopic (exact) mass is 418 g/mol. The summed E-state index contributed by atoms with van der Waals surface area (Å²) in [5, 5.41) is 9.17.